The first-order valence-corrected chi connectivity index (χ1v) is 9.62. The Kier molecular flexibility index (Phi) is 4.92. The number of rotatable bonds is 3. The number of fused-ring (bicyclic) bond motifs is 1. The van der Waals surface area contributed by atoms with Gasteiger partial charge in [-0.05, 0) is 61.4 Å². The summed E-state index contributed by atoms with van der Waals surface area (Å²) in [6, 6.07) is 16.5. The molecule has 1 aliphatic rings. The molecule has 0 aliphatic carbocycles. The summed E-state index contributed by atoms with van der Waals surface area (Å²) in [6.07, 6.45) is 0.731. The van der Waals surface area contributed by atoms with Gasteiger partial charge in [0.2, 0.25) is 0 Å². The van der Waals surface area contributed by atoms with Crippen LogP contribution in [0.4, 0.5) is 11.4 Å². The van der Waals surface area contributed by atoms with Crippen molar-refractivity contribution in [2.24, 2.45) is 0 Å². The maximum Gasteiger partial charge on any atom is 0.258 e. The van der Waals surface area contributed by atoms with Gasteiger partial charge in [0.05, 0.1) is 10.0 Å². The van der Waals surface area contributed by atoms with Crippen LogP contribution in [-0.4, -0.2) is 12.5 Å². The van der Waals surface area contributed by atoms with E-state index in [1.165, 1.54) is 0 Å². The van der Waals surface area contributed by atoms with Crippen molar-refractivity contribution in [3.8, 4) is 11.5 Å². The number of amides is 1. The summed E-state index contributed by atoms with van der Waals surface area (Å²) in [6.45, 7) is 2.64. The van der Waals surface area contributed by atoms with Gasteiger partial charge in [0.15, 0.2) is 5.75 Å². The van der Waals surface area contributed by atoms with Crippen LogP contribution in [0.1, 0.15) is 21.5 Å². The van der Waals surface area contributed by atoms with E-state index in [9.17, 15) is 4.79 Å². The molecule has 0 atom stereocenters. The van der Waals surface area contributed by atoms with E-state index in [1.807, 2.05) is 37.3 Å². The van der Waals surface area contributed by atoms with Crippen LogP contribution in [0.5, 0.6) is 11.5 Å². The van der Waals surface area contributed by atoms with E-state index < -0.39 is 0 Å². The smallest absolute Gasteiger partial charge is 0.258 e. The maximum absolute atomic E-state index is 12.9. The predicted octanol–water partition coefficient (Wildman–Crippen LogP) is 5.88. The number of anilines is 2. The lowest BCUT2D eigenvalue weighted by Crippen LogP contribution is -2.37. The Morgan fingerprint density at radius 1 is 1.00 bits per heavy atom. The monoisotopic (exact) mass is 412 g/mol. The minimum absolute atomic E-state index is 0.0137. The highest BCUT2D eigenvalue weighted by Gasteiger charge is 2.26. The molecule has 0 unspecified atom stereocenters. The molecule has 2 N–H and O–H groups in total. The standard InChI is InChI=1S/C22H18Cl2N2O2/c1-13-2-4-16(5-3-13)26-9-8-14-10-17(6-7-18(14)22(26)27)28-21-19(23)11-15(25)12-20(21)24/h2-7,10-12H,8-9,25H2,1H3. The van der Waals surface area contributed by atoms with Gasteiger partial charge in [-0.15, -0.1) is 0 Å². The van der Waals surface area contributed by atoms with E-state index in [2.05, 4.69) is 0 Å². The van der Waals surface area contributed by atoms with Gasteiger partial charge < -0.3 is 15.4 Å². The average molecular weight is 413 g/mol. The SMILES string of the molecule is Cc1ccc(N2CCc3cc(Oc4c(Cl)cc(N)cc4Cl)ccc3C2=O)cc1. The number of hydrogen-bond donors (Lipinski definition) is 1. The average Bonchev–Trinajstić information content (AvgIpc) is 2.66. The zero-order valence-electron chi connectivity index (χ0n) is 15.2. The zero-order valence-corrected chi connectivity index (χ0v) is 16.7. The van der Waals surface area contributed by atoms with Crippen LogP contribution in [0.2, 0.25) is 10.0 Å². The molecule has 0 saturated heterocycles. The molecule has 4 nitrogen and oxygen atoms in total. The number of aryl methyl sites for hydroxylation is 1. The number of carbonyl (C=O) groups excluding carboxylic acids is 1. The second kappa shape index (κ2) is 7.38. The van der Waals surface area contributed by atoms with Crippen molar-refractivity contribution >= 4 is 40.5 Å². The third kappa shape index (κ3) is 3.53. The summed E-state index contributed by atoms with van der Waals surface area (Å²) in [4.78, 5) is 14.7. The lowest BCUT2D eigenvalue weighted by atomic mass is 9.98. The second-order valence-electron chi connectivity index (χ2n) is 6.78. The lowest BCUT2D eigenvalue weighted by molar-refractivity contribution is 0.0980. The first-order chi connectivity index (χ1) is 13.4. The molecule has 142 valence electrons. The Labute approximate surface area is 173 Å². The highest BCUT2D eigenvalue weighted by atomic mass is 35.5. The van der Waals surface area contributed by atoms with Gasteiger partial charge in [-0.25, -0.2) is 0 Å². The molecule has 28 heavy (non-hydrogen) atoms. The zero-order chi connectivity index (χ0) is 19.8. The third-order valence-corrected chi connectivity index (χ3v) is 5.30. The number of nitrogens with zero attached hydrogens (tertiary/aromatic N) is 1. The Bertz CT molecular complexity index is 1040. The number of nitrogens with two attached hydrogens (primary N) is 1. The fourth-order valence-electron chi connectivity index (χ4n) is 3.29. The van der Waals surface area contributed by atoms with Crippen LogP contribution >= 0.6 is 23.2 Å². The van der Waals surface area contributed by atoms with E-state index in [0.29, 0.717) is 39.3 Å². The molecule has 0 fully saturated rings. The van der Waals surface area contributed by atoms with Gasteiger partial charge in [0.25, 0.3) is 5.91 Å². The van der Waals surface area contributed by atoms with Gasteiger partial charge in [-0.3, -0.25) is 4.79 Å². The molecule has 0 saturated carbocycles. The van der Waals surface area contributed by atoms with Crippen LogP contribution in [0, 0.1) is 6.92 Å². The number of ether oxygens (including phenoxy) is 1. The maximum atomic E-state index is 12.9. The number of hydrogen-bond acceptors (Lipinski definition) is 3. The fourth-order valence-corrected chi connectivity index (χ4v) is 3.88. The van der Waals surface area contributed by atoms with Crippen molar-refractivity contribution in [2.45, 2.75) is 13.3 Å². The molecule has 4 rings (SSSR count). The van der Waals surface area contributed by atoms with Crippen LogP contribution in [0.3, 0.4) is 0 Å². The van der Waals surface area contributed by atoms with Crippen LogP contribution < -0.4 is 15.4 Å². The summed E-state index contributed by atoms with van der Waals surface area (Å²) in [5.41, 5.74) is 9.88. The highest BCUT2D eigenvalue weighted by molar-refractivity contribution is 6.37. The summed E-state index contributed by atoms with van der Waals surface area (Å²) in [5.74, 6) is 0.907. The molecular weight excluding hydrogens is 395 g/mol. The van der Waals surface area contributed by atoms with Gasteiger partial charge >= 0.3 is 0 Å². The first-order valence-electron chi connectivity index (χ1n) is 8.86. The van der Waals surface area contributed by atoms with Gasteiger partial charge in [-0.1, -0.05) is 40.9 Å². The minimum Gasteiger partial charge on any atom is -0.454 e. The predicted molar refractivity (Wildman–Crippen MR) is 114 cm³/mol. The Morgan fingerprint density at radius 2 is 1.68 bits per heavy atom. The van der Waals surface area contributed by atoms with E-state index in [1.54, 1.807) is 29.2 Å². The molecular formula is C22H18Cl2N2O2. The number of nitrogen functional groups attached to an aromatic ring is 1. The van der Waals surface area contributed by atoms with Crippen LogP contribution in [-0.2, 0) is 6.42 Å². The molecule has 3 aromatic carbocycles. The van der Waals surface area contributed by atoms with Crippen molar-refractivity contribution in [3.05, 3.63) is 81.3 Å². The molecule has 0 bridgehead atoms. The van der Waals surface area contributed by atoms with E-state index in [4.69, 9.17) is 33.7 Å². The second-order valence-corrected chi connectivity index (χ2v) is 7.59. The van der Waals surface area contributed by atoms with Crippen LogP contribution in [0.25, 0.3) is 0 Å². The van der Waals surface area contributed by atoms with Crippen molar-refractivity contribution in [1.29, 1.82) is 0 Å². The molecule has 6 heteroatoms. The molecule has 0 radical (unpaired) electrons. The van der Waals surface area contributed by atoms with Crippen molar-refractivity contribution in [1.82, 2.24) is 0 Å². The molecule has 0 spiro atoms. The van der Waals surface area contributed by atoms with Crippen LogP contribution in [0.15, 0.2) is 54.6 Å². The lowest BCUT2D eigenvalue weighted by Gasteiger charge is -2.29. The van der Waals surface area contributed by atoms with Crippen molar-refractivity contribution in [2.75, 3.05) is 17.2 Å². The van der Waals surface area contributed by atoms with Gasteiger partial charge in [-0.2, -0.15) is 0 Å². The quantitative estimate of drug-likeness (QED) is 0.546. The number of benzene rings is 3. The molecule has 3 aromatic rings. The van der Waals surface area contributed by atoms with Crippen molar-refractivity contribution in [3.63, 3.8) is 0 Å². The van der Waals surface area contributed by atoms with Crippen molar-refractivity contribution < 1.29 is 9.53 Å². The Morgan fingerprint density at radius 3 is 2.36 bits per heavy atom. The molecule has 1 aliphatic heterocycles. The molecule has 1 heterocycles. The minimum atomic E-state index is -0.0137. The van der Waals surface area contributed by atoms with Gasteiger partial charge in [0, 0.05) is 23.5 Å². The molecule has 0 aromatic heterocycles. The van der Waals surface area contributed by atoms with E-state index >= 15 is 0 Å². The number of carbonyl (C=O) groups is 1. The Balaban J connectivity index is 1.61. The summed E-state index contributed by atoms with van der Waals surface area (Å²) >= 11 is 12.4. The first kappa shape index (κ1) is 18.7. The topological polar surface area (TPSA) is 55.6 Å². The normalized spacial score (nSPS) is 13.4. The summed E-state index contributed by atoms with van der Waals surface area (Å²) < 4.78 is 5.88. The summed E-state index contributed by atoms with van der Waals surface area (Å²) in [7, 11) is 0. The fraction of sp³-hybridized carbons (Fsp3) is 0.136. The molecule has 1 amide bonds. The highest BCUT2D eigenvalue weighted by Crippen LogP contribution is 2.39. The van der Waals surface area contributed by atoms with Gasteiger partial charge in [0.1, 0.15) is 5.75 Å². The largest absolute Gasteiger partial charge is 0.454 e. The van der Waals surface area contributed by atoms with E-state index in [-0.39, 0.29) is 5.91 Å². The third-order valence-electron chi connectivity index (χ3n) is 4.74. The number of halogens is 2. The van der Waals surface area contributed by atoms with E-state index in [0.717, 1.165) is 23.2 Å². The Hall–Kier alpha value is -2.69. The summed E-state index contributed by atoms with van der Waals surface area (Å²) in [5, 5.41) is 0.675.